The maximum Gasteiger partial charge on any atom is 0.289 e. The van der Waals surface area contributed by atoms with Gasteiger partial charge in [-0.3, -0.25) is 14.5 Å². The van der Waals surface area contributed by atoms with Crippen molar-refractivity contribution in [2.45, 2.75) is 0 Å². The van der Waals surface area contributed by atoms with Crippen molar-refractivity contribution in [2.24, 2.45) is 0 Å². The summed E-state index contributed by atoms with van der Waals surface area (Å²) >= 11 is 1.54. The van der Waals surface area contributed by atoms with Crippen LogP contribution in [-0.4, -0.2) is 79.6 Å². The number of carbonyl (C=O) groups is 2. The van der Waals surface area contributed by atoms with E-state index in [-0.39, 0.29) is 11.8 Å². The maximum atomic E-state index is 12.8. The summed E-state index contributed by atoms with van der Waals surface area (Å²) in [5, 5.41) is 3.58. The summed E-state index contributed by atoms with van der Waals surface area (Å²) in [5.41, 5.74) is 0.921. The summed E-state index contributed by atoms with van der Waals surface area (Å²) in [6.45, 7) is 3.74. The van der Waals surface area contributed by atoms with Crippen molar-refractivity contribution in [2.75, 3.05) is 53.0 Å². The number of hydrogen-bond donors (Lipinski definition) is 1. The van der Waals surface area contributed by atoms with E-state index >= 15 is 0 Å². The number of rotatable bonds is 7. The summed E-state index contributed by atoms with van der Waals surface area (Å²) in [6.07, 6.45) is 0. The number of nitrogens with one attached hydrogen (secondary N) is 1. The van der Waals surface area contributed by atoms with Gasteiger partial charge in [0.25, 0.3) is 5.91 Å². The molecular formula is C21H24N4O4S. The number of benzene rings is 1. The van der Waals surface area contributed by atoms with Gasteiger partial charge in [-0.1, -0.05) is 12.1 Å². The molecule has 0 bridgehead atoms. The molecule has 8 nitrogen and oxygen atoms in total. The molecule has 158 valence electrons. The predicted octanol–water partition coefficient (Wildman–Crippen LogP) is 2.08. The molecule has 0 saturated carbocycles. The number of ether oxygens (including phenoxy) is 1. The van der Waals surface area contributed by atoms with Crippen LogP contribution in [0.1, 0.15) is 10.6 Å². The Morgan fingerprint density at radius 1 is 1.17 bits per heavy atom. The zero-order valence-electron chi connectivity index (χ0n) is 16.8. The second kappa shape index (κ2) is 9.38. The highest BCUT2D eigenvalue weighted by Crippen LogP contribution is 2.31. The van der Waals surface area contributed by atoms with Crippen LogP contribution in [0.25, 0.3) is 21.0 Å². The van der Waals surface area contributed by atoms with Crippen LogP contribution < -0.4 is 5.32 Å². The molecule has 1 aliphatic heterocycles. The molecule has 0 aliphatic carbocycles. The predicted molar refractivity (Wildman–Crippen MR) is 115 cm³/mol. The fourth-order valence-corrected chi connectivity index (χ4v) is 4.29. The molecule has 9 heteroatoms. The lowest BCUT2D eigenvalue weighted by Gasteiger charge is -2.33. The monoisotopic (exact) mass is 428 g/mol. The van der Waals surface area contributed by atoms with Crippen LogP contribution in [-0.2, 0) is 9.53 Å². The first-order valence-corrected chi connectivity index (χ1v) is 10.7. The smallest absolute Gasteiger partial charge is 0.289 e. The lowest BCUT2D eigenvalue weighted by atomic mass is 10.3. The highest BCUT2D eigenvalue weighted by molar-refractivity contribution is 7.21. The molecule has 30 heavy (non-hydrogen) atoms. The zero-order chi connectivity index (χ0) is 20.9. The highest BCUT2D eigenvalue weighted by atomic mass is 32.1. The van der Waals surface area contributed by atoms with Gasteiger partial charge in [0.2, 0.25) is 5.91 Å². The fourth-order valence-electron chi connectivity index (χ4n) is 3.36. The van der Waals surface area contributed by atoms with E-state index in [4.69, 9.17) is 9.15 Å². The Morgan fingerprint density at radius 2 is 1.97 bits per heavy atom. The molecule has 0 radical (unpaired) electrons. The van der Waals surface area contributed by atoms with Gasteiger partial charge in [-0.15, -0.1) is 11.3 Å². The van der Waals surface area contributed by atoms with E-state index in [9.17, 15) is 9.59 Å². The van der Waals surface area contributed by atoms with E-state index in [2.05, 4.69) is 10.3 Å². The molecule has 3 aromatic rings. The van der Waals surface area contributed by atoms with Gasteiger partial charge in [0, 0.05) is 39.8 Å². The van der Waals surface area contributed by atoms with Crippen molar-refractivity contribution < 1.29 is 18.7 Å². The van der Waals surface area contributed by atoms with Crippen LogP contribution in [0.2, 0.25) is 0 Å². The average molecular weight is 429 g/mol. The number of nitrogens with zero attached hydrogens (tertiary/aromatic N) is 3. The normalized spacial score (nSPS) is 14.9. The summed E-state index contributed by atoms with van der Waals surface area (Å²) in [5.74, 6) is 0.755. The molecule has 4 rings (SSSR count). The third-order valence-corrected chi connectivity index (χ3v) is 6.03. The van der Waals surface area contributed by atoms with Crippen molar-refractivity contribution in [3.63, 3.8) is 0 Å². The number of aromatic nitrogens is 1. The van der Waals surface area contributed by atoms with Crippen LogP contribution >= 0.6 is 11.3 Å². The van der Waals surface area contributed by atoms with E-state index in [1.165, 1.54) is 0 Å². The van der Waals surface area contributed by atoms with Crippen molar-refractivity contribution in [1.82, 2.24) is 20.1 Å². The molecule has 1 saturated heterocycles. The van der Waals surface area contributed by atoms with Crippen LogP contribution in [0.4, 0.5) is 0 Å². The standard InChI is InChI=1S/C21H24N4O4S/c1-28-13-8-22-19(26)14-24-9-11-25(12-10-24)21(27)17-7-6-16(29-17)20-23-15-4-2-3-5-18(15)30-20/h2-7H,8-14H2,1H3,(H,22,26). The van der Waals surface area contributed by atoms with E-state index in [1.54, 1.807) is 35.5 Å². The van der Waals surface area contributed by atoms with Gasteiger partial charge in [-0.05, 0) is 24.3 Å². The SMILES string of the molecule is COCCNC(=O)CN1CCN(C(=O)c2ccc(-c3nc4ccccc4s3)o2)CC1. The van der Waals surface area contributed by atoms with Crippen LogP contribution in [0.5, 0.6) is 0 Å². The average Bonchev–Trinajstić information content (AvgIpc) is 3.41. The van der Waals surface area contributed by atoms with Gasteiger partial charge >= 0.3 is 0 Å². The Hall–Kier alpha value is -2.75. The summed E-state index contributed by atoms with van der Waals surface area (Å²) in [4.78, 5) is 33.1. The van der Waals surface area contributed by atoms with Crippen molar-refractivity contribution in [3.8, 4) is 10.8 Å². The second-order valence-electron chi connectivity index (χ2n) is 7.06. The van der Waals surface area contributed by atoms with Gasteiger partial charge in [-0.2, -0.15) is 0 Å². The lowest BCUT2D eigenvalue weighted by Crippen LogP contribution is -2.51. The Kier molecular flexibility index (Phi) is 6.41. The Bertz CT molecular complexity index is 990. The van der Waals surface area contributed by atoms with Crippen molar-refractivity contribution >= 4 is 33.4 Å². The first-order valence-electron chi connectivity index (χ1n) is 9.87. The van der Waals surface area contributed by atoms with Gasteiger partial charge in [-0.25, -0.2) is 4.98 Å². The van der Waals surface area contributed by atoms with Gasteiger partial charge in [0.1, 0.15) is 0 Å². The molecule has 2 aromatic heterocycles. The molecule has 3 heterocycles. The number of methoxy groups -OCH3 is 1. The van der Waals surface area contributed by atoms with Crippen LogP contribution in [0.3, 0.4) is 0 Å². The fraction of sp³-hybridized carbons (Fsp3) is 0.381. The summed E-state index contributed by atoms with van der Waals surface area (Å²) in [6, 6.07) is 11.4. The molecule has 1 aliphatic rings. The minimum Gasteiger partial charge on any atom is -0.448 e. The number of furan rings is 1. The first kappa shape index (κ1) is 20.5. The van der Waals surface area contributed by atoms with E-state index in [0.29, 0.717) is 57.4 Å². The largest absolute Gasteiger partial charge is 0.448 e. The molecular weight excluding hydrogens is 404 g/mol. The van der Waals surface area contributed by atoms with E-state index in [1.807, 2.05) is 29.2 Å². The number of piperazine rings is 1. The highest BCUT2D eigenvalue weighted by Gasteiger charge is 2.25. The molecule has 1 aromatic carbocycles. The number of carbonyl (C=O) groups excluding carboxylic acids is 2. The quantitative estimate of drug-likeness (QED) is 0.580. The number of hydrogen-bond acceptors (Lipinski definition) is 7. The molecule has 1 fully saturated rings. The lowest BCUT2D eigenvalue weighted by molar-refractivity contribution is -0.122. The first-order chi connectivity index (χ1) is 14.6. The molecule has 0 atom stereocenters. The second-order valence-corrected chi connectivity index (χ2v) is 8.09. The minimum absolute atomic E-state index is 0.0293. The Morgan fingerprint density at radius 3 is 2.73 bits per heavy atom. The molecule has 2 amide bonds. The van der Waals surface area contributed by atoms with Crippen molar-refractivity contribution in [3.05, 3.63) is 42.2 Å². The topological polar surface area (TPSA) is 87.9 Å². The van der Waals surface area contributed by atoms with Gasteiger partial charge in [0.05, 0.1) is 23.4 Å². The molecule has 1 N–H and O–H groups in total. The van der Waals surface area contributed by atoms with Crippen molar-refractivity contribution in [1.29, 1.82) is 0 Å². The van der Waals surface area contributed by atoms with E-state index in [0.717, 1.165) is 15.2 Å². The Labute approximate surface area is 178 Å². The summed E-state index contributed by atoms with van der Waals surface area (Å²) in [7, 11) is 1.60. The number of amides is 2. The molecule has 0 spiro atoms. The summed E-state index contributed by atoms with van der Waals surface area (Å²) < 4.78 is 11.8. The number of para-hydroxylation sites is 1. The van der Waals surface area contributed by atoms with Crippen LogP contribution in [0.15, 0.2) is 40.8 Å². The molecule has 0 unspecified atom stereocenters. The zero-order valence-corrected chi connectivity index (χ0v) is 17.6. The number of thiazole rings is 1. The minimum atomic E-state index is -0.133. The third kappa shape index (κ3) is 4.69. The van der Waals surface area contributed by atoms with E-state index < -0.39 is 0 Å². The van der Waals surface area contributed by atoms with Gasteiger partial charge in [0.15, 0.2) is 16.5 Å². The maximum absolute atomic E-state index is 12.8. The third-order valence-electron chi connectivity index (χ3n) is 4.98. The number of fused-ring (bicyclic) bond motifs is 1. The Balaban J connectivity index is 1.32. The van der Waals surface area contributed by atoms with Crippen LogP contribution in [0, 0.1) is 0 Å². The van der Waals surface area contributed by atoms with Gasteiger partial charge < -0.3 is 19.4 Å².